The summed E-state index contributed by atoms with van der Waals surface area (Å²) in [6, 6.07) is 12.5. The van der Waals surface area contributed by atoms with Crippen molar-refractivity contribution in [2.24, 2.45) is 0 Å². The maximum atomic E-state index is 13.4. The van der Waals surface area contributed by atoms with E-state index in [-0.39, 0.29) is 12.7 Å². The summed E-state index contributed by atoms with van der Waals surface area (Å²) < 4.78 is 126. The van der Waals surface area contributed by atoms with Gasteiger partial charge in [-0.25, -0.2) is 4.79 Å². The Bertz CT molecular complexity index is 1220. The summed E-state index contributed by atoms with van der Waals surface area (Å²) in [6.07, 6.45) is -13.8. The van der Waals surface area contributed by atoms with Gasteiger partial charge in [0.2, 0.25) is 0 Å². The monoisotopic (exact) mass is 638 g/mol. The Balaban J connectivity index is 2.11. The third-order valence-corrected chi connectivity index (χ3v) is 11.0. The van der Waals surface area contributed by atoms with Crippen LogP contribution in [0.1, 0.15) is 50.3 Å². The van der Waals surface area contributed by atoms with Gasteiger partial charge in [0, 0.05) is 6.54 Å². The van der Waals surface area contributed by atoms with Crippen LogP contribution in [0, 0.1) is 0 Å². The van der Waals surface area contributed by atoms with E-state index in [9.17, 15) is 44.3 Å². The number of rotatable bonds is 8. The Hall–Kier alpha value is -3.27. The highest BCUT2D eigenvalue weighted by molar-refractivity contribution is 7.95. The molecule has 3 aromatic carbocycles. The standard InChI is InChI=1S/C30H29F9NO2P/c1-27(2,3)42-26(41)40-18-4-5-19-43(23-12-6-20(7-13-23)28(31,32)33,24-14-8-21(9-15-24)29(34,35)36)25-16-10-22(11-17-25)30(37,38)39/h6-17H,4-5,18-19H2,1-3H3/p+1. The molecule has 0 saturated carbocycles. The number of carbonyl (C=O) groups excluding carboxylic acids is 1. The second kappa shape index (κ2) is 12.8. The fourth-order valence-corrected chi connectivity index (χ4v) is 8.87. The molecule has 43 heavy (non-hydrogen) atoms. The number of ether oxygens (including phenoxy) is 1. The number of hydrogen-bond donors (Lipinski definition) is 1. The first-order valence-corrected chi connectivity index (χ1v) is 15.1. The average Bonchev–Trinajstić information content (AvgIpc) is 2.89. The average molecular weight is 639 g/mol. The fraction of sp³-hybridized carbons (Fsp3) is 0.367. The van der Waals surface area contributed by atoms with Crippen molar-refractivity contribution < 1.29 is 49.0 Å². The van der Waals surface area contributed by atoms with Gasteiger partial charge in [-0.05, 0) is 106 Å². The third kappa shape index (κ3) is 8.87. The van der Waals surface area contributed by atoms with E-state index >= 15 is 0 Å². The Kier molecular flexibility index (Phi) is 10.2. The van der Waals surface area contributed by atoms with Gasteiger partial charge < -0.3 is 10.1 Å². The van der Waals surface area contributed by atoms with E-state index in [1.807, 2.05) is 0 Å². The van der Waals surface area contributed by atoms with Crippen LogP contribution in [0.2, 0.25) is 0 Å². The van der Waals surface area contributed by atoms with Crippen LogP contribution in [-0.4, -0.2) is 24.4 Å². The summed E-state index contributed by atoms with van der Waals surface area (Å²) in [5, 5.41) is 3.64. The van der Waals surface area contributed by atoms with E-state index in [2.05, 4.69) is 5.32 Å². The molecule has 1 N–H and O–H groups in total. The molecular weight excluding hydrogens is 608 g/mol. The van der Waals surface area contributed by atoms with Crippen molar-refractivity contribution in [3.8, 4) is 0 Å². The van der Waals surface area contributed by atoms with Crippen LogP contribution in [-0.2, 0) is 23.3 Å². The summed E-state index contributed by atoms with van der Waals surface area (Å²) >= 11 is 0. The van der Waals surface area contributed by atoms with Crippen LogP contribution in [0.4, 0.5) is 44.3 Å². The smallest absolute Gasteiger partial charge is 0.416 e. The number of halogens is 9. The number of unbranched alkanes of at least 4 members (excludes halogenated alkanes) is 1. The first kappa shape index (κ1) is 34.2. The van der Waals surface area contributed by atoms with Crippen molar-refractivity contribution in [1.29, 1.82) is 0 Å². The van der Waals surface area contributed by atoms with E-state index in [1.54, 1.807) is 20.8 Å². The summed E-state index contributed by atoms with van der Waals surface area (Å²) in [7, 11) is -3.11. The predicted molar refractivity (Wildman–Crippen MR) is 148 cm³/mol. The largest absolute Gasteiger partial charge is 0.444 e. The van der Waals surface area contributed by atoms with Gasteiger partial charge in [-0.15, -0.1) is 0 Å². The van der Waals surface area contributed by atoms with Crippen molar-refractivity contribution in [2.75, 3.05) is 12.7 Å². The fourth-order valence-electron chi connectivity index (χ4n) is 4.53. The van der Waals surface area contributed by atoms with Crippen LogP contribution in [0.3, 0.4) is 0 Å². The first-order valence-electron chi connectivity index (χ1n) is 13.1. The highest BCUT2D eigenvalue weighted by Crippen LogP contribution is 2.56. The van der Waals surface area contributed by atoms with Crippen LogP contribution in [0.15, 0.2) is 72.8 Å². The van der Waals surface area contributed by atoms with Crippen LogP contribution in [0.25, 0.3) is 0 Å². The van der Waals surface area contributed by atoms with Crippen LogP contribution >= 0.6 is 7.26 Å². The van der Waals surface area contributed by atoms with Crippen molar-refractivity contribution in [3.63, 3.8) is 0 Å². The quantitative estimate of drug-likeness (QED) is 0.153. The number of nitrogens with one attached hydrogen (secondary N) is 1. The van der Waals surface area contributed by atoms with Gasteiger partial charge in [0.15, 0.2) is 0 Å². The number of alkyl halides is 9. The number of amides is 1. The van der Waals surface area contributed by atoms with E-state index in [0.29, 0.717) is 28.8 Å². The van der Waals surface area contributed by atoms with Crippen molar-refractivity contribution >= 4 is 29.3 Å². The maximum absolute atomic E-state index is 13.4. The first-order chi connectivity index (χ1) is 19.7. The van der Waals surface area contributed by atoms with Gasteiger partial charge in [0.1, 0.15) is 28.8 Å². The second-order valence-electron chi connectivity index (χ2n) is 10.8. The predicted octanol–water partition coefficient (Wildman–Crippen LogP) is 8.34. The van der Waals surface area contributed by atoms with Crippen molar-refractivity contribution in [1.82, 2.24) is 5.32 Å². The molecule has 0 spiro atoms. The number of alkyl carbamates (subject to hydrolysis) is 1. The van der Waals surface area contributed by atoms with Gasteiger partial charge >= 0.3 is 24.6 Å². The molecule has 3 aromatic rings. The summed E-state index contributed by atoms with van der Waals surface area (Å²) in [5.41, 5.74) is -3.58. The molecule has 0 atom stereocenters. The molecule has 0 aliphatic heterocycles. The minimum Gasteiger partial charge on any atom is -0.444 e. The van der Waals surface area contributed by atoms with Gasteiger partial charge in [0.25, 0.3) is 0 Å². The lowest BCUT2D eigenvalue weighted by Gasteiger charge is -2.28. The summed E-state index contributed by atoms with van der Waals surface area (Å²) in [6.45, 7) is 5.21. The van der Waals surface area contributed by atoms with Gasteiger partial charge in [0.05, 0.1) is 22.9 Å². The molecule has 0 aromatic heterocycles. The lowest BCUT2D eigenvalue weighted by Crippen LogP contribution is -2.35. The lowest BCUT2D eigenvalue weighted by atomic mass is 10.2. The number of hydrogen-bond acceptors (Lipinski definition) is 2. The normalized spacial score (nSPS) is 13.1. The molecule has 0 saturated heterocycles. The minimum absolute atomic E-state index is 0.155. The van der Waals surface area contributed by atoms with Crippen LogP contribution in [0.5, 0.6) is 0 Å². The number of carbonyl (C=O) groups is 1. The molecule has 0 aliphatic carbocycles. The summed E-state index contributed by atoms with van der Waals surface area (Å²) in [5.74, 6) is 0. The minimum atomic E-state index is -4.66. The Morgan fingerprint density at radius 1 is 0.605 bits per heavy atom. The molecule has 0 bridgehead atoms. The van der Waals surface area contributed by atoms with Gasteiger partial charge in [-0.1, -0.05) is 0 Å². The molecule has 0 heterocycles. The highest BCUT2D eigenvalue weighted by atomic mass is 31.2. The van der Waals surface area contributed by atoms with Gasteiger partial charge in [-0.2, -0.15) is 39.5 Å². The molecule has 3 nitrogen and oxygen atoms in total. The van der Waals surface area contributed by atoms with Crippen LogP contribution < -0.4 is 21.2 Å². The Morgan fingerprint density at radius 2 is 0.930 bits per heavy atom. The zero-order valence-electron chi connectivity index (χ0n) is 23.4. The SMILES string of the molecule is CC(C)(C)OC(=O)NCCCC[P+](c1ccc(C(F)(F)F)cc1)(c1ccc(C(F)(F)F)cc1)c1ccc(C(F)(F)F)cc1. The molecule has 13 heteroatoms. The number of benzene rings is 3. The van der Waals surface area contributed by atoms with E-state index in [4.69, 9.17) is 4.74 Å². The van der Waals surface area contributed by atoms with Crippen molar-refractivity contribution in [2.45, 2.75) is 57.7 Å². The van der Waals surface area contributed by atoms with E-state index in [0.717, 1.165) is 36.4 Å². The lowest BCUT2D eigenvalue weighted by molar-refractivity contribution is -0.138. The molecular formula is C30H30F9NO2P+. The molecule has 0 radical (unpaired) electrons. The second-order valence-corrected chi connectivity index (χ2v) is 14.4. The Morgan fingerprint density at radius 3 is 1.21 bits per heavy atom. The van der Waals surface area contributed by atoms with Crippen molar-refractivity contribution in [3.05, 3.63) is 89.5 Å². The zero-order chi connectivity index (χ0) is 32.3. The molecule has 1 amide bonds. The molecule has 0 unspecified atom stereocenters. The van der Waals surface area contributed by atoms with Gasteiger partial charge in [-0.3, -0.25) is 0 Å². The zero-order valence-corrected chi connectivity index (χ0v) is 24.3. The molecule has 3 rings (SSSR count). The topological polar surface area (TPSA) is 38.3 Å². The summed E-state index contributed by atoms with van der Waals surface area (Å²) in [4.78, 5) is 12.0. The van der Waals surface area contributed by atoms with E-state index < -0.39 is 54.2 Å². The highest BCUT2D eigenvalue weighted by Gasteiger charge is 2.46. The van der Waals surface area contributed by atoms with E-state index in [1.165, 1.54) is 36.4 Å². The molecule has 0 aliphatic rings. The third-order valence-electron chi connectivity index (χ3n) is 6.49. The molecule has 234 valence electrons. The maximum Gasteiger partial charge on any atom is 0.416 e. The Labute approximate surface area is 243 Å². The molecule has 0 fully saturated rings.